The molecule has 1 fully saturated rings. The summed E-state index contributed by atoms with van der Waals surface area (Å²) in [5.41, 5.74) is 2.64. The van der Waals surface area contributed by atoms with E-state index < -0.39 is 0 Å². The van der Waals surface area contributed by atoms with Gasteiger partial charge in [-0.25, -0.2) is 0 Å². The fraction of sp³-hybridized carbons (Fsp3) is 0.529. The van der Waals surface area contributed by atoms with E-state index in [4.69, 9.17) is 11.6 Å². The zero-order valence-electron chi connectivity index (χ0n) is 12.1. The largest absolute Gasteiger partial charge is 0.313 e. The molecule has 0 atom stereocenters. The van der Waals surface area contributed by atoms with Gasteiger partial charge in [0.1, 0.15) is 0 Å². The molecule has 0 bridgehead atoms. The molecule has 0 heterocycles. The Bertz CT molecular complexity index is 464. The van der Waals surface area contributed by atoms with Crippen molar-refractivity contribution in [2.24, 2.45) is 5.92 Å². The van der Waals surface area contributed by atoms with Crippen molar-refractivity contribution in [2.75, 3.05) is 13.1 Å². The number of hydrogen-bond acceptors (Lipinski definition) is 1. The summed E-state index contributed by atoms with van der Waals surface area (Å²) in [6.07, 6.45) is 9.07. The van der Waals surface area contributed by atoms with Crippen LogP contribution in [0.3, 0.4) is 0 Å². The molecule has 0 saturated heterocycles. The van der Waals surface area contributed by atoms with E-state index in [1.54, 1.807) is 0 Å². The Kier molecular flexibility index (Phi) is 6.60. The monoisotopic (exact) mass is 355 g/mol. The molecule has 1 aliphatic carbocycles. The summed E-state index contributed by atoms with van der Waals surface area (Å²) in [4.78, 5) is 0. The maximum atomic E-state index is 6.35. The minimum Gasteiger partial charge on any atom is -0.313 e. The number of nitrogens with one attached hydrogen (secondary N) is 1. The van der Waals surface area contributed by atoms with Gasteiger partial charge in [-0.2, -0.15) is 0 Å². The van der Waals surface area contributed by atoms with E-state index in [0.717, 1.165) is 34.1 Å². The summed E-state index contributed by atoms with van der Waals surface area (Å²) in [5, 5.41) is 4.30. The van der Waals surface area contributed by atoms with Crippen LogP contribution >= 0.6 is 27.5 Å². The van der Waals surface area contributed by atoms with Crippen molar-refractivity contribution in [2.45, 2.75) is 39.0 Å². The molecule has 0 radical (unpaired) electrons. The van der Waals surface area contributed by atoms with E-state index >= 15 is 0 Å². The lowest BCUT2D eigenvalue weighted by molar-refractivity contribution is 0.397. The van der Waals surface area contributed by atoms with E-state index in [-0.39, 0.29) is 0 Å². The number of rotatable bonds is 5. The first-order chi connectivity index (χ1) is 9.70. The molecule has 1 saturated carbocycles. The Balaban J connectivity index is 2.21. The van der Waals surface area contributed by atoms with Crippen LogP contribution in [0.15, 0.2) is 28.2 Å². The van der Waals surface area contributed by atoms with E-state index in [0.29, 0.717) is 0 Å². The first kappa shape index (κ1) is 16.1. The summed E-state index contributed by atoms with van der Waals surface area (Å²) >= 11 is 9.82. The quantitative estimate of drug-likeness (QED) is 0.716. The maximum absolute atomic E-state index is 6.35. The van der Waals surface area contributed by atoms with Crippen LogP contribution in [0.25, 0.3) is 6.08 Å². The van der Waals surface area contributed by atoms with Crippen LogP contribution in [-0.2, 0) is 0 Å². The lowest BCUT2D eigenvalue weighted by Crippen LogP contribution is -2.22. The van der Waals surface area contributed by atoms with Crippen LogP contribution in [0.1, 0.15) is 44.6 Å². The second-order valence-electron chi connectivity index (χ2n) is 5.50. The lowest BCUT2D eigenvalue weighted by atomic mass is 9.83. The molecular formula is C17H23BrClN. The Morgan fingerprint density at radius 1 is 1.35 bits per heavy atom. The van der Waals surface area contributed by atoms with Gasteiger partial charge in [-0.3, -0.25) is 0 Å². The van der Waals surface area contributed by atoms with Gasteiger partial charge in [0.2, 0.25) is 0 Å². The summed E-state index contributed by atoms with van der Waals surface area (Å²) in [5.74, 6) is 0.725. The van der Waals surface area contributed by atoms with E-state index in [2.05, 4.69) is 46.4 Å². The Hall–Kier alpha value is -0.310. The summed E-state index contributed by atoms with van der Waals surface area (Å²) in [6, 6.07) is 6.13. The second kappa shape index (κ2) is 8.21. The molecule has 0 aliphatic heterocycles. The van der Waals surface area contributed by atoms with Crippen molar-refractivity contribution in [3.63, 3.8) is 0 Å². The topological polar surface area (TPSA) is 12.0 Å². The molecule has 2 rings (SSSR count). The zero-order chi connectivity index (χ0) is 14.4. The molecule has 0 aromatic heterocycles. The van der Waals surface area contributed by atoms with Crippen molar-refractivity contribution >= 4 is 33.6 Å². The third kappa shape index (κ3) is 4.61. The smallest absolute Gasteiger partial charge is 0.0489 e. The molecule has 0 amide bonds. The van der Waals surface area contributed by atoms with E-state index in [9.17, 15) is 0 Å². The molecule has 1 aromatic rings. The number of likely N-dealkylation sites (N-methyl/N-ethyl adjacent to an activating group) is 1. The molecule has 20 heavy (non-hydrogen) atoms. The van der Waals surface area contributed by atoms with Crippen LogP contribution in [0.4, 0.5) is 0 Å². The maximum Gasteiger partial charge on any atom is 0.0489 e. The molecule has 1 N–H and O–H groups in total. The summed E-state index contributed by atoms with van der Waals surface area (Å²) in [6.45, 7) is 4.15. The van der Waals surface area contributed by atoms with Gasteiger partial charge in [0.05, 0.1) is 0 Å². The van der Waals surface area contributed by atoms with Gasteiger partial charge in [-0.05, 0) is 43.0 Å². The number of hydrogen-bond donors (Lipinski definition) is 1. The predicted molar refractivity (Wildman–Crippen MR) is 92.2 cm³/mol. The minimum atomic E-state index is 0.725. The SMILES string of the molecule is CCNC/C(=C/c1ccc(Br)cc1Cl)C1CCCCC1. The normalized spacial score (nSPS) is 17.4. The molecule has 0 unspecified atom stereocenters. The molecular weight excluding hydrogens is 334 g/mol. The molecule has 1 aliphatic rings. The average Bonchev–Trinajstić information content (AvgIpc) is 2.46. The highest BCUT2D eigenvalue weighted by Crippen LogP contribution is 2.32. The van der Waals surface area contributed by atoms with Crippen LogP contribution in [0, 0.1) is 5.92 Å². The van der Waals surface area contributed by atoms with Gasteiger partial charge in [-0.15, -0.1) is 0 Å². The van der Waals surface area contributed by atoms with Crippen molar-refractivity contribution < 1.29 is 0 Å². The van der Waals surface area contributed by atoms with Gasteiger partial charge in [0.25, 0.3) is 0 Å². The first-order valence-corrected chi connectivity index (χ1v) is 8.74. The fourth-order valence-corrected chi connectivity index (χ4v) is 3.60. The molecule has 1 aromatic carbocycles. The first-order valence-electron chi connectivity index (χ1n) is 7.57. The Morgan fingerprint density at radius 3 is 2.75 bits per heavy atom. The van der Waals surface area contributed by atoms with Crippen molar-refractivity contribution in [3.05, 3.63) is 38.8 Å². The van der Waals surface area contributed by atoms with Crippen molar-refractivity contribution in [1.82, 2.24) is 5.32 Å². The van der Waals surface area contributed by atoms with Crippen molar-refractivity contribution in [1.29, 1.82) is 0 Å². The zero-order valence-corrected chi connectivity index (χ0v) is 14.4. The summed E-state index contributed by atoms with van der Waals surface area (Å²) < 4.78 is 1.03. The number of halogens is 2. The number of benzene rings is 1. The van der Waals surface area contributed by atoms with Crippen LogP contribution in [0.5, 0.6) is 0 Å². The second-order valence-corrected chi connectivity index (χ2v) is 6.82. The van der Waals surface area contributed by atoms with Crippen molar-refractivity contribution in [3.8, 4) is 0 Å². The summed E-state index contributed by atoms with van der Waals surface area (Å²) in [7, 11) is 0. The molecule has 0 spiro atoms. The lowest BCUT2D eigenvalue weighted by Gasteiger charge is -2.25. The van der Waals surface area contributed by atoms with Gasteiger partial charge < -0.3 is 5.32 Å². The van der Waals surface area contributed by atoms with Gasteiger partial charge in [0.15, 0.2) is 0 Å². The van der Waals surface area contributed by atoms with Gasteiger partial charge >= 0.3 is 0 Å². The molecule has 3 heteroatoms. The average molecular weight is 357 g/mol. The van der Waals surface area contributed by atoms with E-state index in [1.165, 1.54) is 37.7 Å². The van der Waals surface area contributed by atoms with E-state index in [1.807, 2.05) is 6.07 Å². The highest BCUT2D eigenvalue weighted by atomic mass is 79.9. The standard InChI is InChI=1S/C17H23BrClN/c1-2-20-12-15(13-6-4-3-5-7-13)10-14-8-9-16(18)11-17(14)19/h8-11,13,20H,2-7,12H2,1H3/b15-10-. The Morgan fingerprint density at radius 2 is 2.10 bits per heavy atom. The third-order valence-corrected chi connectivity index (χ3v) is 4.83. The van der Waals surface area contributed by atoms with Gasteiger partial charge in [0, 0.05) is 16.0 Å². The fourth-order valence-electron chi connectivity index (χ4n) is 2.87. The highest BCUT2D eigenvalue weighted by Gasteiger charge is 2.17. The third-order valence-electron chi connectivity index (χ3n) is 4.01. The van der Waals surface area contributed by atoms with Gasteiger partial charge in [-0.1, -0.05) is 71.4 Å². The highest BCUT2D eigenvalue weighted by molar-refractivity contribution is 9.10. The van der Waals surface area contributed by atoms with Crippen LogP contribution in [-0.4, -0.2) is 13.1 Å². The molecule has 1 nitrogen and oxygen atoms in total. The van der Waals surface area contributed by atoms with Crippen LogP contribution < -0.4 is 5.32 Å². The molecule has 110 valence electrons. The predicted octanol–water partition coefficient (Wildman–Crippen LogP) is 5.68. The Labute approximate surface area is 135 Å². The van der Waals surface area contributed by atoms with Crippen LogP contribution in [0.2, 0.25) is 5.02 Å². The minimum absolute atomic E-state index is 0.725.